The van der Waals surface area contributed by atoms with Gasteiger partial charge in [0.1, 0.15) is 22.9 Å². The maximum Gasteiger partial charge on any atom is 0.410 e. The Kier molecular flexibility index (Phi) is 4.49. The highest BCUT2D eigenvalue weighted by Crippen LogP contribution is 2.35. The highest BCUT2D eigenvalue weighted by atomic mass is 19.1. The van der Waals surface area contributed by atoms with Crippen molar-refractivity contribution in [1.82, 2.24) is 10.1 Å². The molecule has 7 heteroatoms. The Balaban J connectivity index is 1.84. The lowest BCUT2D eigenvalue weighted by atomic mass is 10.1. The zero-order valence-electron chi connectivity index (χ0n) is 14.4. The van der Waals surface area contributed by atoms with Gasteiger partial charge in [0, 0.05) is 12.6 Å². The number of halogens is 2. The molecule has 2 aromatic rings. The van der Waals surface area contributed by atoms with E-state index in [1.54, 1.807) is 31.7 Å². The number of amides is 1. The largest absolute Gasteiger partial charge is 0.444 e. The average molecular weight is 350 g/mol. The van der Waals surface area contributed by atoms with Crippen LogP contribution in [-0.2, 0) is 4.74 Å². The summed E-state index contributed by atoms with van der Waals surface area (Å²) in [5.41, 5.74) is -0.0910. The second-order valence-corrected chi connectivity index (χ2v) is 7.07. The van der Waals surface area contributed by atoms with E-state index in [0.29, 0.717) is 18.7 Å². The van der Waals surface area contributed by atoms with Crippen LogP contribution in [0.2, 0.25) is 0 Å². The van der Waals surface area contributed by atoms with E-state index in [-0.39, 0.29) is 17.4 Å². The highest BCUT2D eigenvalue weighted by Gasteiger charge is 2.35. The summed E-state index contributed by atoms with van der Waals surface area (Å²) in [7, 11) is 0. The molecule has 1 aliphatic rings. The summed E-state index contributed by atoms with van der Waals surface area (Å²) in [5.74, 6) is -1.03. The molecule has 0 bridgehead atoms. The van der Waals surface area contributed by atoms with Crippen molar-refractivity contribution in [2.24, 2.45) is 0 Å². The van der Waals surface area contributed by atoms with E-state index in [1.807, 2.05) is 0 Å². The molecule has 134 valence electrons. The fourth-order valence-corrected chi connectivity index (χ4v) is 2.87. The summed E-state index contributed by atoms with van der Waals surface area (Å²) in [6.07, 6.45) is 1.09. The number of carbonyl (C=O) groups is 1. The first-order chi connectivity index (χ1) is 11.7. The van der Waals surface area contributed by atoms with Crippen LogP contribution in [0.4, 0.5) is 13.6 Å². The Morgan fingerprint density at radius 3 is 2.80 bits per heavy atom. The van der Waals surface area contributed by atoms with Gasteiger partial charge in [-0.1, -0.05) is 5.16 Å². The molecule has 0 spiro atoms. The van der Waals surface area contributed by atoms with Gasteiger partial charge in [-0.3, -0.25) is 4.90 Å². The van der Waals surface area contributed by atoms with Crippen LogP contribution >= 0.6 is 0 Å². The molecular formula is C18H20F2N2O3. The summed E-state index contributed by atoms with van der Waals surface area (Å²) in [6.45, 7) is 5.96. The first-order valence-electron chi connectivity index (χ1n) is 8.16. The Morgan fingerprint density at radius 1 is 1.32 bits per heavy atom. The maximum atomic E-state index is 13.9. The van der Waals surface area contributed by atoms with Crippen molar-refractivity contribution in [3.05, 3.63) is 41.6 Å². The Hall–Kier alpha value is -2.44. The number of carbonyl (C=O) groups excluding carboxylic acids is 1. The van der Waals surface area contributed by atoms with Gasteiger partial charge in [-0.05, 0) is 51.8 Å². The van der Waals surface area contributed by atoms with Crippen molar-refractivity contribution in [3.8, 4) is 11.3 Å². The second kappa shape index (κ2) is 6.46. The number of rotatable bonds is 2. The van der Waals surface area contributed by atoms with Gasteiger partial charge in [-0.15, -0.1) is 0 Å². The molecule has 1 saturated heterocycles. The second-order valence-electron chi connectivity index (χ2n) is 7.07. The van der Waals surface area contributed by atoms with E-state index in [1.165, 1.54) is 0 Å². The van der Waals surface area contributed by atoms with Gasteiger partial charge in [0.25, 0.3) is 0 Å². The van der Waals surface area contributed by atoms with E-state index in [9.17, 15) is 13.6 Å². The lowest BCUT2D eigenvalue weighted by Crippen LogP contribution is -2.36. The maximum absolute atomic E-state index is 13.9. The normalized spacial score (nSPS) is 17.8. The quantitative estimate of drug-likeness (QED) is 0.788. The van der Waals surface area contributed by atoms with Crippen LogP contribution in [0.25, 0.3) is 11.3 Å². The van der Waals surface area contributed by atoms with Crippen molar-refractivity contribution in [3.63, 3.8) is 0 Å². The minimum Gasteiger partial charge on any atom is -0.444 e. The molecule has 25 heavy (non-hydrogen) atoms. The summed E-state index contributed by atoms with van der Waals surface area (Å²) < 4.78 is 37.9. The fourth-order valence-electron chi connectivity index (χ4n) is 2.87. The standard InChI is InChI=1S/C18H20F2N2O3/c1-18(2,3)24-17(23)22-8-4-5-15(22)14-10-16(25-21-14)12-9-11(19)6-7-13(12)20/h6-7,9-10,15H,4-5,8H2,1-3H3/t15-/m1/s1. The number of nitrogens with zero attached hydrogens (tertiary/aromatic N) is 2. The van der Waals surface area contributed by atoms with E-state index < -0.39 is 23.3 Å². The van der Waals surface area contributed by atoms with Crippen LogP contribution in [0.5, 0.6) is 0 Å². The third-order valence-electron chi connectivity index (χ3n) is 3.94. The Bertz CT molecular complexity index is 783. The number of aromatic nitrogens is 1. The molecule has 0 saturated carbocycles. The molecule has 0 unspecified atom stereocenters. The number of ether oxygens (including phenoxy) is 1. The van der Waals surface area contributed by atoms with E-state index in [4.69, 9.17) is 9.26 Å². The minimum absolute atomic E-state index is 0.000523. The molecule has 1 atom stereocenters. The molecule has 1 aromatic heterocycles. The van der Waals surface area contributed by atoms with Gasteiger partial charge in [-0.25, -0.2) is 13.6 Å². The van der Waals surface area contributed by atoms with Crippen LogP contribution < -0.4 is 0 Å². The van der Waals surface area contributed by atoms with Crippen molar-refractivity contribution < 1.29 is 22.8 Å². The monoisotopic (exact) mass is 350 g/mol. The lowest BCUT2D eigenvalue weighted by Gasteiger charge is -2.27. The van der Waals surface area contributed by atoms with Crippen molar-refractivity contribution in [2.45, 2.75) is 45.3 Å². The number of hydrogen-bond donors (Lipinski definition) is 0. The summed E-state index contributed by atoms with van der Waals surface area (Å²) >= 11 is 0. The molecule has 1 aromatic carbocycles. The summed E-state index contributed by atoms with van der Waals surface area (Å²) in [6, 6.07) is 4.38. The topological polar surface area (TPSA) is 55.6 Å². The lowest BCUT2D eigenvalue weighted by molar-refractivity contribution is 0.0219. The molecule has 1 fully saturated rings. The van der Waals surface area contributed by atoms with E-state index in [0.717, 1.165) is 24.6 Å². The third-order valence-corrected chi connectivity index (χ3v) is 3.94. The molecule has 1 amide bonds. The summed E-state index contributed by atoms with van der Waals surface area (Å²) in [5, 5.41) is 3.96. The van der Waals surface area contributed by atoms with Gasteiger partial charge in [-0.2, -0.15) is 0 Å². The predicted molar refractivity (Wildman–Crippen MR) is 86.8 cm³/mol. The van der Waals surface area contributed by atoms with E-state index >= 15 is 0 Å². The molecule has 0 radical (unpaired) electrons. The first kappa shape index (κ1) is 17.4. The zero-order chi connectivity index (χ0) is 18.2. The number of hydrogen-bond acceptors (Lipinski definition) is 4. The minimum atomic E-state index is -0.598. The van der Waals surface area contributed by atoms with Crippen LogP contribution in [0, 0.1) is 11.6 Å². The van der Waals surface area contributed by atoms with Crippen molar-refractivity contribution >= 4 is 6.09 Å². The Morgan fingerprint density at radius 2 is 2.08 bits per heavy atom. The smallest absolute Gasteiger partial charge is 0.410 e. The first-order valence-corrected chi connectivity index (χ1v) is 8.16. The van der Waals surface area contributed by atoms with Crippen LogP contribution in [0.1, 0.15) is 45.3 Å². The zero-order valence-corrected chi connectivity index (χ0v) is 14.4. The summed E-state index contributed by atoms with van der Waals surface area (Å²) in [4.78, 5) is 13.9. The van der Waals surface area contributed by atoms with Crippen LogP contribution in [0.3, 0.4) is 0 Å². The fraction of sp³-hybridized carbons (Fsp3) is 0.444. The van der Waals surface area contributed by atoms with Gasteiger partial charge in [0.15, 0.2) is 5.76 Å². The third kappa shape index (κ3) is 3.81. The molecular weight excluding hydrogens is 330 g/mol. The molecule has 2 heterocycles. The van der Waals surface area contributed by atoms with Gasteiger partial charge in [0.05, 0.1) is 11.6 Å². The van der Waals surface area contributed by atoms with Crippen molar-refractivity contribution in [1.29, 1.82) is 0 Å². The Labute approximate surface area is 144 Å². The van der Waals surface area contributed by atoms with Gasteiger partial charge < -0.3 is 9.26 Å². The van der Waals surface area contributed by atoms with Crippen molar-refractivity contribution in [2.75, 3.05) is 6.54 Å². The van der Waals surface area contributed by atoms with Crippen LogP contribution in [0.15, 0.2) is 28.8 Å². The van der Waals surface area contributed by atoms with Gasteiger partial charge >= 0.3 is 6.09 Å². The van der Waals surface area contributed by atoms with Crippen LogP contribution in [-0.4, -0.2) is 28.3 Å². The molecule has 0 aliphatic carbocycles. The molecule has 1 aliphatic heterocycles. The number of likely N-dealkylation sites (tertiary alicyclic amines) is 1. The highest BCUT2D eigenvalue weighted by molar-refractivity contribution is 5.69. The van der Waals surface area contributed by atoms with Gasteiger partial charge in [0.2, 0.25) is 0 Å². The molecule has 0 N–H and O–H groups in total. The predicted octanol–water partition coefficient (Wildman–Crippen LogP) is 4.69. The average Bonchev–Trinajstić information content (AvgIpc) is 3.15. The molecule has 5 nitrogen and oxygen atoms in total. The molecule has 3 rings (SSSR count). The number of benzene rings is 1. The SMILES string of the molecule is CC(C)(C)OC(=O)N1CCC[C@@H]1c1cc(-c2cc(F)ccc2F)on1. The van der Waals surface area contributed by atoms with E-state index in [2.05, 4.69) is 5.16 Å².